The summed E-state index contributed by atoms with van der Waals surface area (Å²) in [6.07, 6.45) is 0.800. The molecule has 0 saturated heterocycles. The molecule has 0 unspecified atom stereocenters. The lowest BCUT2D eigenvalue weighted by atomic mass is 10.2. The first-order valence-electron chi connectivity index (χ1n) is 5.88. The number of methoxy groups -OCH3 is 1. The molecule has 1 aromatic carbocycles. The van der Waals surface area contributed by atoms with Crippen molar-refractivity contribution >= 4 is 17.7 Å². The summed E-state index contributed by atoms with van der Waals surface area (Å²) >= 11 is 1.72. The molecule has 18 heavy (non-hydrogen) atoms. The number of hydrogen-bond donors (Lipinski definition) is 2. The molecule has 0 aromatic heterocycles. The van der Waals surface area contributed by atoms with Crippen LogP contribution in [0.5, 0.6) is 5.75 Å². The lowest BCUT2D eigenvalue weighted by molar-refractivity contribution is 0.0956. The van der Waals surface area contributed by atoms with Crippen LogP contribution >= 0.6 is 11.8 Å². The summed E-state index contributed by atoms with van der Waals surface area (Å²) in [5.74, 6) is 2.37. The highest BCUT2D eigenvalue weighted by Gasteiger charge is 2.05. The number of nitrogens with one attached hydrogen (secondary N) is 1. The largest absolute Gasteiger partial charge is 0.497 e. The van der Waals surface area contributed by atoms with Gasteiger partial charge in [-0.25, -0.2) is 0 Å². The van der Waals surface area contributed by atoms with Crippen molar-refractivity contribution in [3.63, 3.8) is 0 Å². The van der Waals surface area contributed by atoms with Gasteiger partial charge in [-0.15, -0.1) is 0 Å². The molecule has 0 aliphatic carbocycles. The van der Waals surface area contributed by atoms with Gasteiger partial charge in [-0.1, -0.05) is 6.07 Å². The molecule has 0 bridgehead atoms. The Bertz CT molecular complexity index is 371. The first-order chi connectivity index (χ1) is 8.77. The normalized spacial score (nSPS) is 10.1. The van der Waals surface area contributed by atoms with E-state index in [0.717, 1.165) is 17.9 Å². The smallest absolute Gasteiger partial charge is 0.251 e. The molecule has 100 valence electrons. The van der Waals surface area contributed by atoms with Crippen LogP contribution in [-0.4, -0.2) is 42.8 Å². The van der Waals surface area contributed by atoms with Crippen molar-refractivity contribution < 1.29 is 14.6 Å². The van der Waals surface area contributed by atoms with Gasteiger partial charge < -0.3 is 15.2 Å². The third-order valence-electron chi connectivity index (χ3n) is 2.31. The second kappa shape index (κ2) is 8.83. The zero-order chi connectivity index (χ0) is 13.2. The second-order valence-corrected chi connectivity index (χ2v) is 4.90. The maximum absolute atomic E-state index is 11.8. The number of benzene rings is 1. The van der Waals surface area contributed by atoms with E-state index in [2.05, 4.69) is 5.32 Å². The topological polar surface area (TPSA) is 58.6 Å². The number of aliphatic hydroxyl groups is 1. The van der Waals surface area contributed by atoms with E-state index in [1.807, 2.05) is 6.07 Å². The molecule has 4 nitrogen and oxygen atoms in total. The van der Waals surface area contributed by atoms with Gasteiger partial charge in [0.2, 0.25) is 0 Å². The van der Waals surface area contributed by atoms with Crippen LogP contribution in [-0.2, 0) is 0 Å². The standard InChI is InChI=1S/C13H19NO3S/c1-17-12-5-2-4-11(10-12)13(16)14-6-9-18-8-3-7-15/h2,4-5,10,15H,3,6-9H2,1H3,(H,14,16). The number of aliphatic hydroxyl groups excluding tert-OH is 1. The molecule has 0 aliphatic rings. The molecule has 1 amide bonds. The Kier molecular flexibility index (Phi) is 7.29. The van der Waals surface area contributed by atoms with Gasteiger partial charge in [0.1, 0.15) is 5.75 Å². The minimum Gasteiger partial charge on any atom is -0.497 e. The van der Waals surface area contributed by atoms with Crippen LogP contribution in [0.25, 0.3) is 0 Å². The number of thioether (sulfide) groups is 1. The molecule has 0 fully saturated rings. The summed E-state index contributed by atoms with van der Waals surface area (Å²) in [5.41, 5.74) is 0.606. The monoisotopic (exact) mass is 269 g/mol. The van der Waals surface area contributed by atoms with Crippen LogP contribution in [0.2, 0.25) is 0 Å². The summed E-state index contributed by atoms with van der Waals surface area (Å²) in [4.78, 5) is 11.8. The van der Waals surface area contributed by atoms with Gasteiger partial charge in [0.15, 0.2) is 0 Å². The van der Waals surface area contributed by atoms with Gasteiger partial charge in [0.25, 0.3) is 5.91 Å². The molecule has 5 heteroatoms. The molecule has 1 rings (SSSR count). The molecular weight excluding hydrogens is 250 g/mol. The van der Waals surface area contributed by atoms with Crippen LogP contribution in [0, 0.1) is 0 Å². The van der Waals surface area contributed by atoms with E-state index in [1.54, 1.807) is 37.1 Å². The summed E-state index contributed by atoms with van der Waals surface area (Å²) in [6, 6.07) is 7.08. The lowest BCUT2D eigenvalue weighted by Crippen LogP contribution is -2.25. The number of ether oxygens (including phenoxy) is 1. The van der Waals surface area contributed by atoms with Crippen molar-refractivity contribution in [2.75, 3.05) is 31.8 Å². The van der Waals surface area contributed by atoms with Crippen molar-refractivity contribution in [1.82, 2.24) is 5.32 Å². The molecule has 0 radical (unpaired) electrons. The molecule has 1 aromatic rings. The van der Waals surface area contributed by atoms with E-state index >= 15 is 0 Å². The van der Waals surface area contributed by atoms with Gasteiger partial charge in [0, 0.05) is 24.5 Å². The molecular formula is C13H19NO3S. The molecule has 0 aliphatic heterocycles. The first kappa shape index (κ1) is 14.9. The predicted octanol–water partition coefficient (Wildman–Crippen LogP) is 1.54. The molecule has 0 atom stereocenters. The minimum atomic E-state index is -0.0864. The summed E-state index contributed by atoms with van der Waals surface area (Å²) in [5, 5.41) is 11.5. The van der Waals surface area contributed by atoms with Gasteiger partial charge in [-0.3, -0.25) is 4.79 Å². The van der Waals surface area contributed by atoms with Gasteiger partial charge in [0.05, 0.1) is 7.11 Å². The van der Waals surface area contributed by atoms with E-state index in [9.17, 15) is 4.79 Å². The van der Waals surface area contributed by atoms with Crippen LogP contribution in [0.1, 0.15) is 16.8 Å². The van der Waals surface area contributed by atoms with E-state index in [0.29, 0.717) is 17.9 Å². The maximum atomic E-state index is 11.8. The average molecular weight is 269 g/mol. The van der Waals surface area contributed by atoms with Crippen LogP contribution < -0.4 is 10.1 Å². The fraction of sp³-hybridized carbons (Fsp3) is 0.462. The third kappa shape index (κ3) is 5.42. The Balaban J connectivity index is 2.27. The number of rotatable bonds is 8. The zero-order valence-electron chi connectivity index (χ0n) is 10.5. The second-order valence-electron chi connectivity index (χ2n) is 3.68. The van der Waals surface area contributed by atoms with Crippen LogP contribution in [0.3, 0.4) is 0 Å². The molecule has 0 spiro atoms. The summed E-state index contributed by atoms with van der Waals surface area (Å²) in [7, 11) is 1.58. The maximum Gasteiger partial charge on any atom is 0.251 e. The Labute approximate surface area is 112 Å². The Morgan fingerprint density at radius 1 is 1.44 bits per heavy atom. The van der Waals surface area contributed by atoms with E-state index in [-0.39, 0.29) is 12.5 Å². The van der Waals surface area contributed by atoms with Crippen molar-refractivity contribution in [3.8, 4) is 5.75 Å². The highest BCUT2D eigenvalue weighted by Crippen LogP contribution is 2.12. The van der Waals surface area contributed by atoms with Gasteiger partial charge in [-0.05, 0) is 30.4 Å². The number of amides is 1. The predicted molar refractivity (Wildman–Crippen MR) is 74.4 cm³/mol. The molecule has 0 saturated carbocycles. The Hall–Kier alpha value is -1.20. The number of hydrogen-bond acceptors (Lipinski definition) is 4. The molecule has 2 N–H and O–H groups in total. The van der Waals surface area contributed by atoms with Crippen LogP contribution in [0.15, 0.2) is 24.3 Å². The molecule has 0 heterocycles. The number of carbonyl (C=O) groups excluding carboxylic acids is 1. The van der Waals surface area contributed by atoms with Crippen LogP contribution in [0.4, 0.5) is 0 Å². The lowest BCUT2D eigenvalue weighted by Gasteiger charge is -2.06. The van der Waals surface area contributed by atoms with Crippen molar-refractivity contribution in [2.24, 2.45) is 0 Å². The van der Waals surface area contributed by atoms with Gasteiger partial charge >= 0.3 is 0 Å². The highest BCUT2D eigenvalue weighted by molar-refractivity contribution is 7.99. The summed E-state index contributed by atoms with van der Waals surface area (Å²) < 4.78 is 5.07. The Morgan fingerprint density at radius 3 is 3.00 bits per heavy atom. The minimum absolute atomic E-state index is 0.0864. The fourth-order valence-corrected chi connectivity index (χ4v) is 2.16. The first-order valence-corrected chi connectivity index (χ1v) is 7.04. The van der Waals surface area contributed by atoms with E-state index in [1.165, 1.54) is 0 Å². The van der Waals surface area contributed by atoms with Crippen molar-refractivity contribution in [2.45, 2.75) is 6.42 Å². The van der Waals surface area contributed by atoms with E-state index < -0.39 is 0 Å². The third-order valence-corrected chi connectivity index (χ3v) is 3.38. The van der Waals surface area contributed by atoms with Crippen molar-refractivity contribution in [1.29, 1.82) is 0 Å². The van der Waals surface area contributed by atoms with Gasteiger partial charge in [-0.2, -0.15) is 11.8 Å². The highest BCUT2D eigenvalue weighted by atomic mass is 32.2. The SMILES string of the molecule is COc1cccc(C(=O)NCCSCCCO)c1. The summed E-state index contributed by atoms with van der Waals surface area (Å²) in [6.45, 7) is 0.856. The van der Waals surface area contributed by atoms with Crippen molar-refractivity contribution in [3.05, 3.63) is 29.8 Å². The zero-order valence-corrected chi connectivity index (χ0v) is 11.3. The van der Waals surface area contributed by atoms with E-state index in [4.69, 9.17) is 9.84 Å². The quantitative estimate of drug-likeness (QED) is 0.703. The average Bonchev–Trinajstić information content (AvgIpc) is 2.42. The Morgan fingerprint density at radius 2 is 2.28 bits per heavy atom. The fourth-order valence-electron chi connectivity index (χ4n) is 1.37. The number of carbonyl (C=O) groups is 1.